The number of aliphatic carboxylic acids is 1. The Hall–Kier alpha value is -1.27. The molecule has 19 heavy (non-hydrogen) atoms. The van der Waals surface area contributed by atoms with Gasteiger partial charge in [0.1, 0.15) is 0 Å². The summed E-state index contributed by atoms with van der Waals surface area (Å²) in [5.74, 6) is -1.46. The molecule has 0 radical (unpaired) electrons. The van der Waals surface area contributed by atoms with Gasteiger partial charge in [-0.2, -0.15) is 0 Å². The molecule has 2 rings (SSSR count). The summed E-state index contributed by atoms with van der Waals surface area (Å²) in [4.78, 5) is 24.3. The molecule has 1 aliphatic heterocycles. The van der Waals surface area contributed by atoms with E-state index in [0.717, 1.165) is 0 Å². The van der Waals surface area contributed by atoms with E-state index >= 15 is 0 Å². The van der Waals surface area contributed by atoms with E-state index in [1.807, 2.05) is 0 Å². The predicted molar refractivity (Wildman–Crippen MR) is 73.8 cm³/mol. The monoisotopic (exact) mass is 347 g/mol. The van der Waals surface area contributed by atoms with Crippen molar-refractivity contribution in [1.29, 1.82) is 0 Å². The van der Waals surface area contributed by atoms with E-state index in [9.17, 15) is 9.59 Å². The molecule has 0 spiro atoms. The molecular weight excluding hydrogens is 337 g/mol. The van der Waals surface area contributed by atoms with Gasteiger partial charge in [0, 0.05) is 18.0 Å². The van der Waals surface area contributed by atoms with Gasteiger partial charge in [-0.1, -0.05) is 11.6 Å². The fourth-order valence-electron chi connectivity index (χ4n) is 2.06. The van der Waals surface area contributed by atoms with Gasteiger partial charge in [-0.05, 0) is 28.1 Å². The predicted octanol–water partition coefficient (Wildman–Crippen LogP) is 2.55. The van der Waals surface area contributed by atoms with Crippen molar-refractivity contribution in [2.45, 2.75) is 6.42 Å². The average Bonchev–Trinajstić information content (AvgIpc) is 2.70. The molecule has 1 heterocycles. The van der Waals surface area contributed by atoms with Crippen molar-refractivity contribution < 1.29 is 19.4 Å². The van der Waals surface area contributed by atoms with Crippen molar-refractivity contribution in [3.63, 3.8) is 0 Å². The zero-order chi connectivity index (χ0) is 14.2. The van der Waals surface area contributed by atoms with Gasteiger partial charge in [-0.3, -0.25) is 9.59 Å². The Balaban J connectivity index is 2.42. The molecule has 1 aromatic rings. The lowest BCUT2D eigenvalue weighted by Crippen LogP contribution is -2.26. The van der Waals surface area contributed by atoms with Crippen LogP contribution in [0.2, 0.25) is 5.02 Å². The van der Waals surface area contributed by atoms with Crippen molar-refractivity contribution in [2.24, 2.45) is 5.92 Å². The van der Waals surface area contributed by atoms with Crippen LogP contribution in [0.1, 0.15) is 6.42 Å². The number of carbonyl (C=O) groups is 2. The first-order valence-electron chi connectivity index (χ1n) is 5.50. The smallest absolute Gasteiger partial charge is 0.308 e. The second-order valence-electron chi connectivity index (χ2n) is 4.18. The minimum Gasteiger partial charge on any atom is -0.493 e. The fraction of sp³-hybridized carbons (Fsp3) is 0.333. The van der Waals surface area contributed by atoms with Crippen LogP contribution >= 0.6 is 27.5 Å². The van der Waals surface area contributed by atoms with E-state index in [0.29, 0.717) is 20.9 Å². The molecule has 1 saturated heterocycles. The standard InChI is InChI=1S/C12H11BrClNO4/c1-19-11-8(13)3-7(14)4-9(11)15-5-6(12(17)18)2-10(15)16/h3-4,6H,2,5H2,1H3,(H,17,18). The maximum atomic E-state index is 11.9. The lowest BCUT2D eigenvalue weighted by atomic mass is 10.1. The van der Waals surface area contributed by atoms with Crippen molar-refractivity contribution >= 4 is 45.1 Å². The summed E-state index contributed by atoms with van der Waals surface area (Å²) < 4.78 is 5.86. The highest BCUT2D eigenvalue weighted by molar-refractivity contribution is 9.10. The Morgan fingerprint density at radius 2 is 2.26 bits per heavy atom. The van der Waals surface area contributed by atoms with E-state index in [2.05, 4.69) is 15.9 Å². The summed E-state index contributed by atoms with van der Waals surface area (Å²) in [7, 11) is 1.48. The first-order valence-corrected chi connectivity index (χ1v) is 6.67. The van der Waals surface area contributed by atoms with Crippen LogP contribution in [0.15, 0.2) is 16.6 Å². The molecule has 102 valence electrons. The lowest BCUT2D eigenvalue weighted by Gasteiger charge is -2.20. The molecular formula is C12H11BrClNO4. The Kier molecular flexibility index (Phi) is 4.01. The SMILES string of the molecule is COc1c(Br)cc(Cl)cc1N1CC(C(=O)O)CC1=O. The van der Waals surface area contributed by atoms with Crippen LogP contribution in [0.4, 0.5) is 5.69 Å². The van der Waals surface area contributed by atoms with Gasteiger partial charge in [0.2, 0.25) is 5.91 Å². The summed E-state index contributed by atoms with van der Waals surface area (Å²) in [6, 6.07) is 3.24. The number of rotatable bonds is 3. The van der Waals surface area contributed by atoms with E-state index in [1.165, 1.54) is 12.0 Å². The number of halogens is 2. The maximum absolute atomic E-state index is 11.9. The van der Waals surface area contributed by atoms with Crippen LogP contribution < -0.4 is 9.64 Å². The highest BCUT2D eigenvalue weighted by atomic mass is 79.9. The summed E-state index contributed by atoms with van der Waals surface area (Å²) in [6.45, 7) is 0.122. The van der Waals surface area contributed by atoms with Crippen LogP contribution in [0.25, 0.3) is 0 Å². The van der Waals surface area contributed by atoms with E-state index in [1.54, 1.807) is 12.1 Å². The Bertz CT molecular complexity index is 549. The van der Waals surface area contributed by atoms with Crippen LogP contribution in [-0.4, -0.2) is 30.6 Å². The Labute approximate surface area is 123 Å². The normalized spacial score (nSPS) is 18.8. The van der Waals surface area contributed by atoms with Crippen molar-refractivity contribution in [2.75, 3.05) is 18.6 Å². The van der Waals surface area contributed by atoms with E-state index in [4.69, 9.17) is 21.4 Å². The molecule has 1 aromatic carbocycles. The first-order chi connectivity index (χ1) is 8.93. The average molecular weight is 349 g/mol. The topological polar surface area (TPSA) is 66.8 Å². The van der Waals surface area contributed by atoms with Crippen LogP contribution in [0.5, 0.6) is 5.75 Å². The number of ether oxygens (including phenoxy) is 1. The molecule has 1 unspecified atom stereocenters. The van der Waals surface area contributed by atoms with Crippen LogP contribution in [-0.2, 0) is 9.59 Å². The summed E-state index contributed by atoms with van der Waals surface area (Å²) in [5, 5.41) is 9.43. The summed E-state index contributed by atoms with van der Waals surface area (Å²) in [5.41, 5.74) is 0.482. The number of hydrogen-bond acceptors (Lipinski definition) is 3. The second-order valence-corrected chi connectivity index (χ2v) is 5.47. The molecule has 5 nitrogen and oxygen atoms in total. The number of methoxy groups -OCH3 is 1. The van der Waals surface area contributed by atoms with Gasteiger partial charge in [-0.25, -0.2) is 0 Å². The Morgan fingerprint density at radius 3 is 2.79 bits per heavy atom. The zero-order valence-corrected chi connectivity index (χ0v) is 12.4. The third-order valence-corrected chi connectivity index (χ3v) is 3.77. The molecule has 0 saturated carbocycles. The van der Waals surface area contributed by atoms with Gasteiger partial charge in [-0.15, -0.1) is 0 Å². The summed E-state index contributed by atoms with van der Waals surface area (Å²) in [6.07, 6.45) is -0.0113. The molecule has 1 N–H and O–H groups in total. The summed E-state index contributed by atoms with van der Waals surface area (Å²) >= 11 is 9.27. The van der Waals surface area contributed by atoms with Gasteiger partial charge in [0.05, 0.1) is 23.2 Å². The number of hydrogen-bond donors (Lipinski definition) is 1. The van der Waals surface area contributed by atoms with Gasteiger partial charge in [0.15, 0.2) is 5.75 Å². The zero-order valence-electron chi connectivity index (χ0n) is 10.0. The Morgan fingerprint density at radius 1 is 1.58 bits per heavy atom. The number of amides is 1. The molecule has 7 heteroatoms. The molecule has 1 amide bonds. The number of anilines is 1. The van der Waals surface area contributed by atoms with Crippen LogP contribution in [0, 0.1) is 5.92 Å². The fourth-order valence-corrected chi connectivity index (χ4v) is 3.01. The highest BCUT2D eigenvalue weighted by Crippen LogP contribution is 2.40. The third kappa shape index (κ3) is 2.69. The van der Waals surface area contributed by atoms with Crippen molar-refractivity contribution in [3.05, 3.63) is 21.6 Å². The van der Waals surface area contributed by atoms with Gasteiger partial charge < -0.3 is 14.7 Å². The van der Waals surface area contributed by atoms with Gasteiger partial charge in [0.25, 0.3) is 0 Å². The number of carboxylic acids is 1. The number of carboxylic acid groups (broad SMARTS) is 1. The van der Waals surface area contributed by atoms with Crippen molar-refractivity contribution in [1.82, 2.24) is 0 Å². The molecule has 0 aromatic heterocycles. The largest absolute Gasteiger partial charge is 0.493 e. The molecule has 0 aliphatic carbocycles. The van der Waals surface area contributed by atoms with E-state index < -0.39 is 11.9 Å². The lowest BCUT2D eigenvalue weighted by molar-refractivity contribution is -0.141. The number of nitrogens with zero attached hydrogens (tertiary/aromatic N) is 1. The number of benzene rings is 1. The van der Waals surface area contributed by atoms with E-state index in [-0.39, 0.29) is 18.9 Å². The van der Waals surface area contributed by atoms with Crippen molar-refractivity contribution in [3.8, 4) is 5.75 Å². The minimum absolute atomic E-state index is 0.0113. The van der Waals surface area contributed by atoms with Gasteiger partial charge >= 0.3 is 5.97 Å². The molecule has 1 atom stereocenters. The minimum atomic E-state index is -0.976. The number of carbonyl (C=O) groups excluding carboxylic acids is 1. The molecule has 0 bridgehead atoms. The third-order valence-electron chi connectivity index (χ3n) is 2.96. The molecule has 1 aliphatic rings. The quantitative estimate of drug-likeness (QED) is 0.911. The van der Waals surface area contributed by atoms with Crippen LogP contribution in [0.3, 0.4) is 0 Å². The highest BCUT2D eigenvalue weighted by Gasteiger charge is 2.36. The molecule has 1 fully saturated rings. The first kappa shape index (κ1) is 14.1. The maximum Gasteiger partial charge on any atom is 0.308 e. The second kappa shape index (κ2) is 5.38.